The lowest BCUT2D eigenvalue weighted by molar-refractivity contribution is 0.0746. The van der Waals surface area contributed by atoms with Gasteiger partial charge < -0.3 is 4.90 Å². The molecular formula is C15H12ClFN2O. The fourth-order valence-electron chi connectivity index (χ4n) is 2.38. The summed E-state index contributed by atoms with van der Waals surface area (Å²) in [5.41, 5.74) is 2.99. The lowest BCUT2D eigenvalue weighted by atomic mass is 10.2. The number of pyridine rings is 1. The maximum absolute atomic E-state index is 13.9. The lowest BCUT2D eigenvalue weighted by Crippen LogP contribution is -2.26. The van der Waals surface area contributed by atoms with Gasteiger partial charge in [-0.05, 0) is 36.2 Å². The van der Waals surface area contributed by atoms with Crippen LogP contribution in [0, 0.1) is 12.7 Å². The van der Waals surface area contributed by atoms with Crippen LogP contribution in [0.25, 0.3) is 0 Å². The van der Waals surface area contributed by atoms with Gasteiger partial charge in [0.25, 0.3) is 5.91 Å². The molecule has 0 fully saturated rings. The average Bonchev–Trinajstić information content (AvgIpc) is 2.84. The van der Waals surface area contributed by atoms with Crippen LogP contribution < -0.4 is 0 Å². The second kappa shape index (κ2) is 4.87. The third-order valence-corrected chi connectivity index (χ3v) is 3.70. The normalized spacial score (nSPS) is 13.4. The van der Waals surface area contributed by atoms with Gasteiger partial charge in [-0.1, -0.05) is 17.7 Å². The summed E-state index contributed by atoms with van der Waals surface area (Å²) in [6.07, 6.45) is 1.77. The Hall–Kier alpha value is -1.94. The predicted octanol–water partition coefficient (Wildman–Crippen LogP) is 3.34. The molecule has 1 aromatic carbocycles. The molecule has 0 saturated heterocycles. The summed E-state index contributed by atoms with van der Waals surface area (Å²) in [5.74, 6) is -1.01. The maximum atomic E-state index is 13.9. The van der Waals surface area contributed by atoms with Crippen LogP contribution in [0.5, 0.6) is 0 Å². The minimum absolute atomic E-state index is 0.00925. The van der Waals surface area contributed by atoms with Gasteiger partial charge in [0.2, 0.25) is 0 Å². The Balaban J connectivity index is 1.89. The third kappa shape index (κ3) is 2.16. The Morgan fingerprint density at radius 3 is 2.90 bits per heavy atom. The van der Waals surface area contributed by atoms with Crippen molar-refractivity contribution in [1.29, 1.82) is 0 Å². The largest absolute Gasteiger partial charge is 0.330 e. The number of rotatable bonds is 1. The molecule has 1 aliphatic heterocycles. The number of carbonyl (C=O) groups is 1. The number of halogens is 2. The summed E-state index contributed by atoms with van der Waals surface area (Å²) < 4.78 is 13.9. The van der Waals surface area contributed by atoms with Crippen LogP contribution in [-0.4, -0.2) is 15.8 Å². The van der Waals surface area contributed by atoms with E-state index in [1.54, 1.807) is 17.2 Å². The molecular weight excluding hydrogens is 279 g/mol. The van der Waals surface area contributed by atoms with Crippen LogP contribution in [0.15, 0.2) is 30.5 Å². The summed E-state index contributed by atoms with van der Waals surface area (Å²) in [7, 11) is 0. The van der Waals surface area contributed by atoms with Crippen molar-refractivity contribution in [1.82, 2.24) is 9.88 Å². The molecule has 1 amide bonds. The topological polar surface area (TPSA) is 33.2 Å². The van der Waals surface area contributed by atoms with Gasteiger partial charge in [0, 0.05) is 25.0 Å². The van der Waals surface area contributed by atoms with Crippen LogP contribution >= 0.6 is 11.6 Å². The van der Waals surface area contributed by atoms with Crippen molar-refractivity contribution in [3.8, 4) is 0 Å². The smallest absolute Gasteiger partial charge is 0.257 e. The number of benzene rings is 1. The first kappa shape index (κ1) is 13.1. The maximum Gasteiger partial charge on any atom is 0.257 e. The van der Waals surface area contributed by atoms with Crippen LogP contribution in [0.1, 0.15) is 27.2 Å². The van der Waals surface area contributed by atoms with E-state index in [1.807, 2.05) is 13.0 Å². The SMILES string of the molecule is Cc1cc2c(cn1)CN(C(=O)c1cccc(Cl)c1F)C2. The Morgan fingerprint density at radius 1 is 1.35 bits per heavy atom. The minimum atomic E-state index is -0.663. The van der Waals surface area contributed by atoms with Gasteiger partial charge in [-0.2, -0.15) is 0 Å². The summed E-state index contributed by atoms with van der Waals surface area (Å²) in [5, 5.41) is -0.0370. The number of hydrogen-bond donors (Lipinski definition) is 0. The fourth-order valence-corrected chi connectivity index (χ4v) is 2.56. The monoisotopic (exact) mass is 290 g/mol. The zero-order chi connectivity index (χ0) is 14.3. The molecule has 5 heteroatoms. The molecule has 20 heavy (non-hydrogen) atoms. The molecule has 0 bridgehead atoms. The van der Waals surface area contributed by atoms with Gasteiger partial charge >= 0.3 is 0 Å². The molecule has 2 aromatic rings. The van der Waals surface area contributed by atoms with Crippen molar-refractivity contribution < 1.29 is 9.18 Å². The van der Waals surface area contributed by atoms with E-state index in [0.717, 1.165) is 16.8 Å². The molecule has 0 saturated carbocycles. The van der Waals surface area contributed by atoms with Crippen molar-refractivity contribution >= 4 is 17.5 Å². The summed E-state index contributed by atoms with van der Waals surface area (Å²) in [6, 6.07) is 6.42. The van der Waals surface area contributed by atoms with E-state index >= 15 is 0 Å². The molecule has 1 aliphatic rings. The summed E-state index contributed by atoms with van der Waals surface area (Å²) in [4.78, 5) is 18.2. The van der Waals surface area contributed by atoms with Crippen molar-refractivity contribution in [2.45, 2.75) is 20.0 Å². The Kier molecular flexibility index (Phi) is 3.18. The molecule has 0 spiro atoms. The van der Waals surface area contributed by atoms with Gasteiger partial charge in [0.15, 0.2) is 5.82 Å². The number of nitrogens with zero attached hydrogens (tertiary/aromatic N) is 2. The Morgan fingerprint density at radius 2 is 2.10 bits per heavy atom. The number of aromatic nitrogens is 1. The molecule has 1 aromatic heterocycles. The zero-order valence-corrected chi connectivity index (χ0v) is 11.6. The minimum Gasteiger partial charge on any atom is -0.330 e. The van der Waals surface area contributed by atoms with Crippen LogP contribution in [0.3, 0.4) is 0 Å². The van der Waals surface area contributed by atoms with Crippen LogP contribution in [0.2, 0.25) is 5.02 Å². The molecule has 3 nitrogen and oxygen atoms in total. The predicted molar refractivity (Wildman–Crippen MR) is 74.0 cm³/mol. The Labute approximate surface area is 121 Å². The van der Waals surface area contributed by atoms with Gasteiger partial charge in [-0.25, -0.2) is 4.39 Å². The first-order chi connectivity index (χ1) is 9.56. The van der Waals surface area contributed by atoms with Gasteiger partial charge in [-0.15, -0.1) is 0 Å². The quantitative estimate of drug-likeness (QED) is 0.807. The summed E-state index contributed by atoms with van der Waals surface area (Å²) >= 11 is 5.72. The first-order valence-electron chi connectivity index (χ1n) is 6.24. The second-order valence-corrected chi connectivity index (χ2v) is 5.26. The Bertz CT molecular complexity index is 702. The molecule has 0 N–H and O–H groups in total. The number of aryl methyl sites for hydroxylation is 1. The van der Waals surface area contributed by atoms with Gasteiger partial charge in [0.05, 0.1) is 10.6 Å². The average molecular weight is 291 g/mol. The molecule has 3 rings (SSSR count). The summed E-state index contributed by atoms with van der Waals surface area (Å²) in [6.45, 7) is 2.83. The van der Waals surface area contributed by atoms with Crippen LogP contribution in [-0.2, 0) is 13.1 Å². The molecule has 2 heterocycles. The van der Waals surface area contributed by atoms with Gasteiger partial charge in [0.1, 0.15) is 0 Å². The molecule has 0 radical (unpaired) electrons. The van der Waals surface area contributed by atoms with E-state index < -0.39 is 5.82 Å². The zero-order valence-electron chi connectivity index (χ0n) is 10.9. The van der Waals surface area contributed by atoms with Crippen LogP contribution in [0.4, 0.5) is 4.39 Å². The van der Waals surface area contributed by atoms with E-state index in [1.165, 1.54) is 12.1 Å². The molecule has 0 atom stereocenters. The standard InChI is InChI=1S/C15H12ClFN2O/c1-9-5-10-7-19(8-11(10)6-18-9)15(20)12-3-2-4-13(16)14(12)17/h2-6H,7-8H2,1H3. The van der Waals surface area contributed by atoms with Crippen molar-refractivity contribution in [2.75, 3.05) is 0 Å². The van der Waals surface area contributed by atoms with E-state index in [-0.39, 0.29) is 16.5 Å². The number of carbonyl (C=O) groups excluding carboxylic acids is 1. The highest BCUT2D eigenvalue weighted by molar-refractivity contribution is 6.31. The van der Waals surface area contributed by atoms with Crippen molar-refractivity contribution in [3.05, 3.63) is 63.7 Å². The van der Waals surface area contributed by atoms with E-state index in [0.29, 0.717) is 13.1 Å². The number of fused-ring (bicyclic) bond motifs is 1. The second-order valence-electron chi connectivity index (χ2n) is 4.86. The van der Waals surface area contributed by atoms with E-state index in [9.17, 15) is 9.18 Å². The molecule has 102 valence electrons. The molecule has 0 aliphatic carbocycles. The highest BCUT2D eigenvalue weighted by Crippen LogP contribution is 2.26. The van der Waals surface area contributed by atoms with Crippen molar-refractivity contribution in [3.63, 3.8) is 0 Å². The molecule has 0 unspecified atom stereocenters. The highest BCUT2D eigenvalue weighted by Gasteiger charge is 2.26. The number of hydrogen-bond acceptors (Lipinski definition) is 2. The lowest BCUT2D eigenvalue weighted by Gasteiger charge is -2.16. The highest BCUT2D eigenvalue weighted by atomic mass is 35.5. The first-order valence-corrected chi connectivity index (χ1v) is 6.62. The van der Waals surface area contributed by atoms with Gasteiger partial charge in [-0.3, -0.25) is 9.78 Å². The van der Waals surface area contributed by atoms with E-state index in [4.69, 9.17) is 11.6 Å². The third-order valence-electron chi connectivity index (χ3n) is 3.41. The fraction of sp³-hybridized carbons (Fsp3) is 0.200. The number of amides is 1. The van der Waals surface area contributed by atoms with E-state index in [2.05, 4.69) is 4.98 Å². The van der Waals surface area contributed by atoms with Crippen molar-refractivity contribution in [2.24, 2.45) is 0 Å².